The van der Waals surface area contributed by atoms with Gasteiger partial charge in [-0.15, -0.1) is 0 Å². The smallest absolute Gasteiger partial charge is 0.244 e. The second-order valence-electron chi connectivity index (χ2n) is 9.04. The van der Waals surface area contributed by atoms with E-state index in [0.717, 1.165) is 52.7 Å². The van der Waals surface area contributed by atoms with Crippen LogP contribution in [0.4, 0.5) is 5.69 Å². The van der Waals surface area contributed by atoms with Crippen LogP contribution in [0.1, 0.15) is 44.6 Å². The van der Waals surface area contributed by atoms with Gasteiger partial charge in [0.2, 0.25) is 21.8 Å². The number of rotatable bonds is 9. The van der Waals surface area contributed by atoms with Crippen molar-refractivity contribution in [3.63, 3.8) is 0 Å². The Balaban J connectivity index is 1.88. The molecule has 11 heteroatoms. The maximum Gasteiger partial charge on any atom is 0.244 e. The fourth-order valence-corrected chi connectivity index (χ4v) is 5.82. The molecule has 1 N–H and O–H groups in total. The van der Waals surface area contributed by atoms with Crippen molar-refractivity contribution < 1.29 is 18.0 Å². The topological polar surface area (TPSA) is 86.8 Å². The molecular weight excluding hydrogens is 589 g/mol. The highest BCUT2D eigenvalue weighted by molar-refractivity contribution is 9.10. The van der Waals surface area contributed by atoms with E-state index < -0.39 is 28.5 Å². The van der Waals surface area contributed by atoms with Crippen molar-refractivity contribution in [2.24, 2.45) is 0 Å². The van der Waals surface area contributed by atoms with Crippen LogP contribution in [0.15, 0.2) is 46.9 Å². The van der Waals surface area contributed by atoms with Gasteiger partial charge < -0.3 is 10.2 Å². The molecule has 1 atom stereocenters. The average molecular weight is 619 g/mol. The zero-order valence-corrected chi connectivity index (χ0v) is 24.1. The summed E-state index contributed by atoms with van der Waals surface area (Å²) in [5.41, 5.74) is 1.01. The molecule has 1 aliphatic carbocycles. The molecule has 1 fully saturated rings. The lowest BCUT2D eigenvalue weighted by molar-refractivity contribution is -0.139. The number of carbonyl (C=O) groups excluding carboxylic acids is 2. The van der Waals surface area contributed by atoms with Gasteiger partial charge in [0.15, 0.2) is 0 Å². The number of amides is 2. The van der Waals surface area contributed by atoms with Crippen LogP contribution in [0.3, 0.4) is 0 Å². The van der Waals surface area contributed by atoms with Crippen molar-refractivity contribution in [2.45, 2.75) is 57.7 Å². The van der Waals surface area contributed by atoms with Crippen molar-refractivity contribution in [2.75, 3.05) is 17.1 Å². The molecule has 1 saturated carbocycles. The van der Waals surface area contributed by atoms with Crippen LogP contribution in [-0.2, 0) is 26.2 Å². The number of carbonyl (C=O) groups is 2. The second-order valence-corrected chi connectivity index (χ2v) is 12.7. The van der Waals surface area contributed by atoms with Crippen LogP contribution < -0.4 is 9.62 Å². The van der Waals surface area contributed by atoms with Crippen LogP contribution in [0, 0.1) is 0 Å². The Labute approximate surface area is 231 Å². The van der Waals surface area contributed by atoms with E-state index in [9.17, 15) is 18.0 Å². The minimum atomic E-state index is -3.85. The average Bonchev–Trinajstić information content (AvgIpc) is 2.82. The number of benzene rings is 2. The lowest BCUT2D eigenvalue weighted by atomic mass is 9.95. The fourth-order valence-electron chi connectivity index (χ4n) is 4.24. The summed E-state index contributed by atoms with van der Waals surface area (Å²) in [4.78, 5) is 28.2. The number of sulfonamides is 1. The van der Waals surface area contributed by atoms with Crippen LogP contribution in [0.25, 0.3) is 0 Å². The van der Waals surface area contributed by atoms with E-state index in [-0.39, 0.29) is 34.2 Å². The molecule has 0 aliphatic heterocycles. The Morgan fingerprint density at radius 1 is 1.08 bits per heavy atom. The summed E-state index contributed by atoms with van der Waals surface area (Å²) >= 11 is 15.5. The van der Waals surface area contributed by atoms with Gasteiger partial charge >= 0.3 is 0 Å². The third-order valence-electron chi connectivity index (χ3n) is 6.23. The van der Waals surface area contributed by atoms with Crippen LogP contribution in [0.5, 0.6) is 0 Å². The summed E-state index contributed by atoms with van der Waals surface area (Å²) in [7, 11) is -3.85. The molecule has 36 heavy (non-hydrogen) atoms. The minimum absolute atomic E-state index is 0.0836. The maximum atomic E-state index is 13.6. The van der Waals surface area contributed by atoms with Crippen LogP contribution in [0.2, 0.25) is 10.0 Å². The molecular formula is C25H30BrCl2N3O4S. The largest absolute Gasteiger partial charge is 0.352 e. The van der Waals surface area contributed by atoms with Crippen molar-refractivity contribution in [3.05, 3.63) is 62.5 Å². The van der Waals surface area contributed by atoms with Crippen LogP contribution in [-0.4, -0.2) is 50.0 Å². The van der Waals surface area contributed by atoms with E-state index >= 15 is 0 Å². The molecule has 0 bridgehead atoms. The zero-order valence-electron chi connectivity index (χ0n) is 20.2. The van der Waals surface area contributed by atoms with E-state index in [1.807, 2.05) is 24.3 Å². The molecule has 2 aromatic carbocycles. The zero-order chi connectivity index (χ0) is 26.5. The first kappa shape index (κ1) is 28.8. The second kappa shape index (κ2) is 12.6. The van der Waals surface area contributed by atoms with Gasteiger partial charge in [0.05, 0.1) is 22.0 Å². The SMILES string of the molecule is CC(C(=O)NC1CCCCC1)N(Cc1cccc(Br)c1)C(=O)CN(c1ccc(Cl)c(Cl)c1)S(C)(=O)=O. The maximum absolute atomic E-state index is 13.6. The van der Waals surface area contributed by atoms with E-state index in [1.54, 1.807) is 6.92 Å². The molecule has 0 spiro atoms. The van der Waals surface area contributed by atoms with Crippen molar-refractivity contribution in [1.29, 1.82) is 0 Å². The first-order valence-electron chi connectivity index (χ1n) is 11.7. The summed E-state index contributed by atoms with van der Waals surface area (Å²) < 4.78 is 27.1. The highest BCUT2D eigenvalue weighted by Crippen LogP contribution is 2.29. The number of halogens is 3. The van der Waals surface area contributed by atoms with E-state index in [0.29, 0.717) is 0 Å². The molecule has 0 aromatic heterocycles. The molecule has 196 valence electrons. The number of nitrogens with one attached hydrogen (secondary N) is 1. The van der Waals surface area contributed by atoms with Gasteiger partial charge in [-0.1, -0.05) is 70.5 Å². The number of nitrogens with zero attached hydrogens (tertiary/aromatic N) is 2. The quantitative estimate of drug-likeness (QED) is 0.408. The Morgan fingerprint density at radius 3 is 2.39 bits per heavy atom. The Bertz CT molecular complexity index is 1210. The van der Waals surface area contributed by atoms with Gasteiger partial charge in [0.25, 0.3) is 0 Å². The Morgan fingerprint density at radius 2 is 1.78 bits per heavy atom. The number of hydrogen-bond donors (Lipinski definition) is 1. The van der Waals surface area contributed by atoms with Gasteiger partial charge in [-0.3, -0.25) is 13.9 Å². The highest BCUT2D eigenvalue weighted by atomic mass is 79.9. The summed E-state index contributed by atoms with van der Waals surface area (Å²) in [5.74, 6) is -0.775. The lowest BCUT2D eigenvalue weighted by Gasteiger charge is -2.33. The molecule has 1 aliphatic rings. The Hall–Kier alpha value is -1.81. The van der Waals surface area contributed by atoms with Gasteiger partial charge in [0.1, 0.15) is 12.6 Å². The third-order valence-corrected chi connectivity index (χ3v) is 8.60. The van der Waals surface area contributed by atoms with Gasteiger partial charge in [-0.25, -0.2) is 8.42 Å². The summed E-state index contributed by atoms with van der Waals surface area (Å²) in [6, 6.07) is 11.0. The molecule has 2 amide bonds. The summed E-state index contributed by atoms with van der Waals surface area (Å²) in [5, 5.41) is 3.51. The monoisotopic (exact) mass is 617 g/mol. The molecule has 0 radical (unpaired) electrons. The van der Waals surface area contributed by atoms with E-state index in [1.165, 1.54) is 23.1 Å². The predicted molar refractivity (Wildman–Crippen MR) is 148 cm³/mol. The molecule has 0 heterocycles. The van der Waals surface area contributed by atoms with Gasteiger partial charge in [0, 0.05) is 17.1 Å². The summed E-state index contributed by atoms with van der Waals surface area (Å²) in [6.45, 7) is 1.31. The van der Waals surface area contributed by atoms with Crippen LogP contribution >= 0.6 is 39.1 Å². The normalized spacial score (nSPS) is 15.2. The molecule has 0 saturated heterocycles. The van der Waals surface area contributed by atoms with Crippen molar-refractivity contribution in [3.8, 4) is 0 Å². The summed E-state index contributed by atoms with van der Waals surface area (Å²) in [6.07, 6.45) is 6.13. The van der Waals surface area contributed by atoms with Gasteiger partial charge in [-0.05, 0) is 55.7 Å². The van der Waals surface area contributed by atoms with Crippen molar-refractivity contribution in [1.82, 2.24) is 10.2 Å². The molecule has 2 aromatic rings. The first-order valence-corrected chi connectivity index (χ1v) is 15.1. The Kier molecular flexibility index (Phi) is 10.1. The first-order chi connectivity index (χ1) is 17.0. The molecule has 3 rings (SSSR count). The minimum Gasteiger partial charge on any atom is -0.352 e. The molecule has 1 unspecified atom stereocenters. The number of hydrogen-bond acceptors (Lipinski definition) is 4. The molecule has 7 nitrogen and oxygen atoms in total. The number of anilines is 1. The van der Waals surface area contributed by atoms with Gasteiger partial charge in [-0.2, -0.15) is 0 Å². The van der Waals surface area contributed by atoms with E-state index in [4.69, 9.17) is 23.2 Å². The highest BCUT2D eigenvalue weighted by Gasteiger charge is 2.31. The van der Waals surface area contributed by atoms with E-state index in [2.05, 4.69) is 21.2 Å². The fraction of sp³-hybridized carbons (Fsp3) is 0.440. The third kappa shape index (κ3) is 7.84. The lowest BCUT2D eigenvalue weighted by Crippen LogP contribution is -2.52. The standard InChI is InChI=1S/C25H30BrCl2N3O4S/c1-17(25(33)29-20-9-4-3-5-10-20)30(15-18-7-6-8-19(26)13-18)24(32)16-31(36(2,34)35)21-11-12-22(27)23(28)14-21/h6-8,11-14,17,20H,3-5,9-10,15-16H2,1-2H3,(H,29,33). The predicted octanol–water partition coefficient (Wildman–Crippen LogP) is 5.39. The van der Waals surface area contributed by atoms with Crippen molar-refractivity contribution >= 4 is 66.7 Å².